The number of unbranched alkanes of at least 4 members (excludes halogenated alkanes) is 3. The minimum Gasteiger partial charge on any atom is -0.507 e. The minimum atomic E-state index is -0.830. The maximum Gasteiger partial charge on any atom is 0.350 e. The molecule has 6 heteroatoms. The van der Waals surface area contributed by atoms with Crippen LogP contribution >= 0.6 is 0 Å². The summed E-state index contributed by atoms with van der Waals surface area (Å²) in [4.78, 5) is 33.6. The highest BCUT2D eigenvalue weighted by molar-refractivity contribution is 5.97. The fourth-order valence-electron chi connectivity index (χ4n) is 1.89. The van der Waals surface area contributed by atoms with Gasteiger partial charge in [0.1, 0.15) is 17.1 Å². The van der Waals surface area contributed by atoms with Crippen LogP contribution in [0.5, 0.6) is 5.75 Å². The molecule has 1 heterocycles. The van der Waals surface area contributed by atoms with E-state index in [1.165, 1.54) is 13.0 Å². The Morgan fingerprint density at radius 2 is 1.75 bits per heavy atom. The third-order valence-electron chi connectivity index (χ3n) is 2.88. The van der Waals surface area contributed by atoms with Crippen molar-refractivity contribution in [2.75, 3.05) is 0 Å². The summed E-state index contributed by atoms with van der Waals surface area (Å²) < 4.78 is 4.78. The van der Waals surface area contributed by atoms with Crippen molar-refractivity contribution in [2.45, 2.75) is 45.4 Å². The van der Waals surface area contributed by atoms with E-state index in [1.807, 2.05) is 0 Å². The second kappa shape index (κ2) is 7.47. The van der Waals surface area contributed by atoms with Crippen LogP contribution in [0.2, 0.25) is 0 Å². The number of rotatable bonds is 8. The summed E-state index contributed by atoms with van der Waals surface area (Å²) in [5.41, 5.74) is -1.13. The number of aromatic hydroxyl groups is 1. The van der Waals surface area contributed by atoms with Gasteiger partial charge in [-0.1, -0.05) is 12.8 Å². The molecule has 0 unspecified atom stereocenters. The van der Waals surface area contributed by atoms with E-state index in [9.17, 15) is 19.5 Å². The van der Waals surface area contributed by atoms with Crippen LogP contribution in [-0.4, -0.2) is 22.0 Å². The molecule has 0 spiro atoms. The second-order valence-electron chi connectivity index (χ2n) is 4.64. The zero-order chi connectivity index (χ0) is 15.1. The lowest BCUT2D eigenvalue weighted by Gasteiger charge is -2.03. The van der Waals surface area contributed by atoms with E-state index < -0.39 is 17.4 Å². The lowest BCUT2D eigenvalue weighted by molar-refractivity contribution is -0.137. The van der Waals surface area contributed by atoms with E-state index in [0.717, 1.165) is 0 Å². The van der Waals surface area contributed by atoms with Gasteiger partial charge in [-0.3, -0.25) is 9.59 Å². The summed E-state index contributed by atoms with van der Waals surface area (Å²) >= 11 is 0. The molecule has 20 heavy (non-hydrogen) atoms. The maximum atomic E-state index is 11.8. The number of carboxylic acids is 1. The molecule has 1 rings (SSSR count). The van der Waals surface area contributed by atoms with Crippen LogP contribution in [0.4, 0.5) is 0 Å². The number of hydrogen-bond acceptors (Lipinski definition) is 5. The van der Waals surface area contributed by atoms with Gasteiger partial charge in [0.2, 0.25) is 0 Å². The van der Waals surface area contributed by atoms with Crippen LogP contribution in [0, 0.1) is 6.92 Å². The van der Waals surface area contributed by atoms with Gasteiger partial charge in [0, 0.05) is 18.9 Å². The fraction of sp³-hybridized carbons (Fsp3) is 0.500. The monoisotopic (exact) mass is 282 g/mol. The summed E-state index contributed by atoms with van der Waals surface area (Å²) in [6, 6.07) is 1.24. The van der Waals surface area contributed by atoms with E-state index in [-0.39, 0.29) is 29.9 Å². The standard InChI is InChI=1S/C14H18O6/c1-9-8-11(16)13(14(19)20-9)10(15)6-4-2-3-5-7-12(17)18/h8,16H,2-7H2,1H3,(H,17,18). The van der Waals surface area contributed by atoms with Gasteiger partial charge in [0.05, 0.1) is 0 Å². The van der Waals surface area contributed by atoms with Crippen molar-refractivity contribution in [1.82, 2.24) is 0 Å². The minimum absolute atomic E-state index is 0.121. The molecule has 0 amide bonds. The number of ketones is 1. The molecule has 0 saturated carbocycles. The van der Waals surface area contributed by atoms with Crippen LogP contribution in [0.3, 0.4) is 0 Å². The largest absolute Gasteiger partial charge is 0.507 e. The van der Waals surface area contributed by atoms with Gasteiger partial charge in [-0.25, -0.2) is 4.79 Å². The average molecular weight is 282 g/mol. The molecule has 0 fully saturated rings. The van der Waals surface area contributed by atoms with E-state index in [2.05, 4.69) is 0 Å². The van der Waals surface area contributed by atoms with Gasteiger partial charge < -0.3 is 14.6 Å². The number of carbonyl (C=O) groups excluding carboxylic acids is 1. The van der Waals surface area contributed by atoms with Gasteiger partial charge in [-0.05, 0) is 19.8 Å². The van der Waals surface area contributed by atoms with Crippen molar-refractivity contribution < 1.29 is 24.2 Å². The molecule has 110 valence electrons. The number of aliphatic carboxylic acids is 1. The van der Waals surface area contributed by atoms with Crippen LogP contribution in [-0.2, 0) is 4.79 Å². The van der Waals surface area contributed by atoms with Gasteiger partial charge in [-0.15, -0.1) is 0 Å². The summed E-state index contributed by atoms with van der Waals surface area (Å²) in [5.74, 6) is -1.38. The van der Waals surface area contributed by atoms with Gasteiger partial charge in [-0.2, -0.15) is 0 Å². The van der Waals surface area contributed by atoms with Crippen molar-refractivity contribution in [3.63, 3.8) is 0 Å². The predicted octanol–water partition coefficient (Wildman–Crippen LogP) is 2.26. The number of carboxylic acid groups (broad SMARTS) is 1. The molecule has 2 N–H and O–H groups in total. The molecule has 0 aromatic carbocycles. The van der Waals surface area contributed by atoms with Crippen LogP contribution in [0.1, 0.15) is 54.6 Å². The second-order valence-corrected chi connectivity index (χ2v) is 4.64. The van der Waals surface area contributed by atoms with Crippen molar-refractivity contribution in [3.8, 4) is 5.75 Å². The summed E-state index contributed by atoms with van der Waals surface area (Å²) in [6.07, 6.45) is 2.79. The highest BCUT2D eigenvalue weighted by Gasteiger charge is 2.17. The Kier molecular flexibility index (Phi) is 5.96. The zero-order valence-corrected chi connectivity index (χ0v) is 11.3. The molecule has 0 aliphatic carbocycles. The SMILES string of the molecule is Cc1cc(O)c(C(=O)CCCCCCC(=O)O)c(=O)o1. The molecule has 0 saturated heterocycles. The normalized spacial score (nSPS) is 10.4. The molecule has 0 radical (unpaired) electrons. The topological polar surface area (TPSA) is 105 Å². The van der Waals surface area contributed by atoms with E-state index >= 15 is 0 Å². The lowest BCUT2D eigenvalue weighted by atomic mass is 10.0. The molecular weight excluding hydrogens is 264 g/mol. The van der Waals surface area contributed by atoms with E-state index in [4.69, 9.17) is 9.52 Å². The quantitative estimate of drug-likeness (QED) is 0.559. The van der Waals surface area contributed by atoms with Crippen molar-refractivity contribution in [3.05, 3.63) is 27.8 Å². The van der Waals surface area contributed by atoms with Gasteiger partial charge >= 0.3 is 11.6 Å². The third kappa shape index (κ3) is 4.87. The molecule has 0 atom stereocenters. The first-order valence-corrected chi connectivity index (χ1v) is 6.50. The highest BCUT2D eigenvalue weighted by atomic mass is 16.4. The lowest BCUT2D eigenvalue weighted by Crippen LogP contribution is -2.14. The van der Waals surface area contributed by atoms with Crippen molar-refractivity contribution in [1.29, 1.82) is 0 Å². The van der Waals surface area contributed by atoms with E-state index in [1.54, 1.807) is 0 Å². The smallest absolute Gasteiger partial charge is 0.350 e. The Morgan fingerprint density at radius 1 is 1.15 bits per heavy atom. The first kappa shape index (κ1) is 15.9. The first-order valence-electron chi connectivity index (χ1n) is 6.50. The van der Waals surface area contributed by atoms with Gasteiger partial charge in [0.25, 0.3) is 0 Å². The molecule has 1 aromatic heterocycles. The first-order chi connectivity index (χ1) is 9.41. The maximum absolute atomic E-state index is 11.8. The Balaban J connectivity index is 2.44. The Morgan fingerprint density at radius 3 is 2.30 bits per heavy atom. The molecule has 1 aromatic rings. The summed E-state index contributed by atoms with van der Waals surface area (Å²) in [6.45, 7) is 1.51. The summed E-state index contributed by atoms with van der Waals surface area (Å²) in [5, 5.41) is 18.1. The zero-order valence-electron chi connectivity index (χ0n) is 11.3. The average Bonchev–Trinajstić information content (AvgIpc) is 2.31. The van der Waals surface area contributed by atoms with Crippen molar-refractivity contribution >= 4 is 11.8 Å². The van der Waals surface area contributed by atoms with E-state index in [0.29, 0.717) is 25.7 Å². The van der Waals surface area contributed by atoms with Crippen LogP contribution < -0.4 is 5.63 Å². The van der Waals surface area contributed by atoms with Crippen LogP contribution in [0.25, 0.3) is 0 Å². The van der Waals surface area contributed by atoms with Gasteiger partial charge in [0.15, 0.2) is 5.78 Å². The summed E-state index contributed by atoms with van der Waals surface area (Å²) in [7, 11) is 0. The Labute approximate surface area is 116 Å². The molecular formula is C14H18O6. The Hall–Kier alpha value is -2.11. The van der Waals surface area contributed by atoms with Crippen LogP contribution in [0.15, 0.2) is 15.3 Å². The molecule has 0 aliphatic heterocycles. The molecule has 6 nitrogen and oxygen atoms in total. The number of carbonyl (C=O) groups is 2. The van der Waals surface area contributed by atoms with Crippen molar-refractivity contribution in [2.24, 2.45) is 0 Å². The number of Topliss-reactive ketones (excluding diaryl/α,β-unsaturated/α-hetero) is 1. The number of hydrogen-bond donors (Lipinski definition) is 2. The highest BCUT2D eigenvalue weighted by Crippen LogP contribution is 2.17. The number of aryl methyl sites for hydroxylation is 1. The molecule has 0 bridgehead atoms. The third-order valence-corrected chi connectivity index (χ3v) is 2.88. The fourth-order valence-corrected chi connectivity index (χ4v) is 1.89. The Bertz CT molecular complexity index is 543. The predicted molar refractivity (Wildman–Crippen MR) is 71.0 cm³/mol. The molecule has 0 aliphatic rings.